The Morgan fingerprint density at radius 3 is 2.29 bits per heavy atom. The first-order chi connectivity index (χ1) is 9.86. The number of ketones is 1. The third-order valence-corrected chi connectivity index (χ3v) is 3.49. The van der Waals surface area contributed by atoms with Crippen LogP contribution in [0.5, 0.6) is 0 Å². The van der Waals surface area contributed by atoms with Crippen LogP contribution in [0.1, 0.15) is 39.0 Å². The summed E-state index contributed by atoms with van der Waals surface area (Å²) in [7, 11) is 0. The molecule has 0 spiro atoms. The Kier molecular flexibility index (Phi) is 11.0. The largest absolute Gasteiger partial charge is 0.355 e. The molecule has 0 fully saturated rings. The number of hydrogen-bond acceptors (Lipinski definition) is 5. The maximum atomic E-state index is 11.6. The summed E-state index contributed by atoms with van der Waals surface area (Å²) in [6.07, 6.45) is 2.18. The standard InChI is InChI=1S/C13H22IN3O4/c1-9(18)5-6-11(19)17-10(13(14)21)4-2-3-7-16-12(20)8-15/h10H,2-8,15H2,1H3,(H,16,20)(H,17,19). The van der Waals surface area contributed by atoms with Crippen molar-refractivity contribution in [3.8, 4) is 0 Å². The number of nitrogens with one attached hydrogen (secondary N) is 2. The second kappa shape index (κ2) is 11.6. The molecule has 0 aliphatic carbocycles. The number of halogens is 1. The van der Waals surface area contributed by atoms with Gasteiger partial charge in [0.05, 0.1) is 12.6 Å². The average Bonchev–Trinajstić information content (AvgIpc) is 2.42. The lowest BCUT2D eigenvalue weighted by Gasteiger charge is -2.15. The molecule has 0 saturated heterocycles. The molecule has 0 rings (SSSR count). The lowest BCUT2D eigenvalue weighted by atomic mass is 10.1. The average molecular weight is 411 g/mol. The molecule has 7 nitrogen and oxygen atoms in total. The summed E-state index contributed by atoms with van der Waals surface area (Å²) < 4.78 is -0.144. The Hall–Kier alpha value is -1.03. The predicted molar refractivity (Wildman–Crippen MR) is 86.8 cm³/mol. The fourth-order valence-electron chi connectivity index (χ4n) is 1.57. The molecule has 0 heterocycles. The van der Waals surface area contributed by atoms with Crippen LogP contribution in [-0.4, -0.2) is 40.5 Å². The van der Waals surface area contributed by atoms with Crippen molar-refractivity contribution >= 4 is 44.0 Å². The maximum absolute atomic E-state index is 11.6. The van der Waals surface area contributed by atoms with E-state index in [1.807, 2.05) is 0 Å². The van der Waals surface area contributed by atoms with Gasteiger partial charge in [-0.15, -0.1) is 0 Å². The Labute approximate surface area is 137 Å². The Morgan fingerprint density at radius 2 is 1.76 bits per heavy atom. The highest BCUT2D eigenvalue weighted by atomic mass is 127. The third kappa shape index (κ3) is 11.3. The van der Waals surface area contributed by atoms with Crippen LogP contribution in [0.15, 0.2) is 0 Å². The SMILES string of the molecule is CC(=O)CCC(=O)NC(CCCCNC(=O)CN)C(=O)I. The number of hydrogen-bond donors (Lipinski definition) is 3. The van der Waals surface area contributed by atoms with Crippen molar-refractivity contribution in [1.82, 2.24) is 10.6 Å². The van der Waals surface area contributed by atoms with Gasteiger partial charge in [0.2, 0.25) is 15.6 Å². The van der Waals surface area contributed by atoms with Gasteiger partial charge in [-0.3, -0.25) is 14.4 Å². The molecular formula is C13H22IN3O4. The number of rotatable bonds is 11. The molecule has 0 aliphatic heterocycles. The molecule has 0 aromatic heterocycles. The molecule has 0 aromatic carbocycles. The van der Waals surface area contributed by atoms with E-state index in [-0.39, 0.29) is 40.8 Å². The summed E-state index contributed by atoms with van der Waals surface area (Å²) in [6, 6.07) is -0.546. The van der Waals surface area contributed by atoms with E-state index in [0.29, 0.717) is 25.8 Å². The molecule has 120 valence electrons. The lowest BCUT2D eigenvalue weighted by Crippen LogP contribution is -2.39. The fraction of sp³-hybridized carbons (Fsp3) is 0.692. The zero-order valence-corrected chi connectivity index (χ0v) is 14.3. The van der Waals surface area contributed by atoms with Crippen LogP contribution >= 0.6 is 22.6 Å². The molecule has 0 aliphatic rings. The molecule has 1 atom stereocenters. The van der Waals surface area contributed by atoms with Gasteiger partial charge in [0, 0.05) is 42.0 Å². The van der Waals surface area contributed by atoms with Crippen LogP contribution < -0.4 is 16.4 Å². The van der Waals surface area contributed by atoms with E-state index in [0.717, 1.165) is 0 Å². The third-order valence-electron chi connectivity index (χ3n) is 2.74. The summed E-state index contributed by atoms with van der Waals surface area (Å²) >= 11 is 1.65. The normalized spacial score (nSPS) is 11.6. The molecule has 21 heavy (non-hydrogen) atoms. The first-order valence-electron chi connectivity index (χ1n) is 6.81. The highest BCUT2D eigenvalue weighted by Crippen LogP contribution is 2.06. The smallest absolute Gasteiger partial charge is 0.233 e. The van der Waals surface area contributed by atoms with Crippen LogP contribution in [-0.2, 0) is 19.2 Å². The zero-order chi connectivity index (χ0) is 16.3. The molecule has 0 aromatic rings. The minimum absolute atomic E-state index is 0.0406. The maximum Gasteiger partial charge on any atom is 0.233 e. The Bertz CT molecular complexity index is 388. The molecule has 0 bridgehead atoms. The van der Waals surface area contributed by atoms with E-state index in [1.165, 1.54) is 6.92 Å². The molecule has 0 saturated carbocycles. The number of amides is 2. The number of carbonyl (C=O) groups excluding carboxylic acids is 4. The van der Waals surface area contributed by atoms with Gasteiger partial charge in [0.1, 0.15) is 5.78 Å². The van der Waals surface area contributed by atoms with Gasteiger partial charge in [0.25, 0.3) is 0 Å². The number of carbonyl (C=O) groups is 4. The summed E-state index contributed by atoms with van der Waals surface area (Å²) in [5.41, 5.74) is 5.15. The molecule has 0 radical (unpaired) electrons. The van der Waals surface area contributed by atoms with Crippen LogP contribution in [0.3, 0.4) is 0 Å². The summed E-state index contributed by atoms with van der Waals surface area (Å²) in [4.78, 5) is 44.8. The van der Waals surface area contributed by atoms with Gasteiger partial charge in [0.15, 0.2) is 0 Å². The van der Waals surface area contributed by atoms with Crippen molar-refractivity contribution in [3.05, 3.63) is 0 Å². The van der Waals surface area contributed by atoms with E-state index in [4.69, 9.17) is 5.73 Å². The van der Waals surface area contributed by atoms with E-state index in [1.54, 1.807) is 22.6 Å². The van der Waals surface area contributed by atoms with Crippen LogP contribution in [0, 0.1) is 0 Å². The van der Waals surface area contributed by atoms with Crippen LogP contribution in [0.25, 0.3) is 0 Å². The lowest BCUT2D eigenvalue weighted by molar-refractivity contribution is -0.126. The van der Waals surface area contributed by atoms with Crippen LogP contribution in [0.2, 0.25) is 0 Å². The summed E-state index contributed by atoms with van der Waals surface area (Å²) in [5, 5.41) is 5.26. The number of unbranched alkanes of at least 4 members (excludes halogenated alkanes) is 1. The van der Waals surface area contributed by atoms with E-state index >= 15 is 0 Å². The predicted octanol–water partition coefficient (Wildman–Crippen LogP) is 0.0472. The van der Waals surface area contributed by atoms with Crippen molar-refractivity contribution < 1.29 is 19.2 Å². The van der Waals surface area contributed by atoms with Gasteiger partial charge >= 0.3 is 0 Å². The van der Waals surface area contributed by atoms with E-state index < -0.39 is 6.04 Å². The second-order valence-electron chi connectivity index (χ2n) is 4.68. The minimum atomic E-state index is -0.546. The van der Waals surface area contributed by atoms with Crippen molar-refractivity contribution in [3.63, 3.8) is 0 Å². The fourth-order valence-corrected chi connectivity index (χ4v) is 2.04. The quantitative estimate of drug-likeness (QED) is 0.252. The molecular weight excluding hydrogens is 389 g/mol. The second-order valence-corrected chi connectivity index (χ2v) is 5.74. The van der Waals surface area contributed by atoms with Crippen molar-refractivity contribution in [2.75, 3.05) is 13.1 Å². The first-order valence-corrected chi connectivity index (χ1v) is 7.89. The van der Waals surface area contributed by atoms with Gasteiger partial charge in [-0.05, 0) is 26.2 Å². The molecule has 1 unspecified atom stereocenters. The van der Waals surface area contributed by atoms with Gasteiger partial charge in [-0.25, -0.2) is 0 Å². The van der Waals surface area contributed by atoms with Gasteiger partial charge in [-0.2, -0.15) is 0 Å². The van der Waals surface area contributed by atoms with Crippen molar-refractivity contribution in [2.45, 2.75) is 45.1 Å². The number of Topliss-reactive ketones (excluding diaryl/α,β-unsaturated/α-hetero) is 1. The molecule has 4 N–H and O–H groups in total. The summed E-state index contributed by atoms with van der Waals surface area (Å²) in [6.45, 7) is 1.88. The molecule has 2 amide bonds. The van der Waals surface area contributed by atoms with E-state index in [9.17, 15) is 19.2 Å². The Balaban J connectivity index is 3.97. The number of nitrogens with two attached hydrogens (primary N) is 1. The van der Waals surface area contributed by atoms with Crippen LogP contribution in [0.4, 0.5) is 0 Å². The monoisotopic (exact) mass is 411 g/mol. The minimum Gasteiger partial charge on any atom is -0.355 e. The Morgan fingerprint density at radius 1 is 1.10 bits per heavy atom. The molecule has 8 heteroatoms. The zero-order valence-electron chi connectivity index (χ0n) is 12.1. The highest BCUT2D eigenvalue weighted by molar-refractivity contribution is 14.1. The van der Waals surface area contributed by atoms with Crippen molar-refractivity contribution in [1.29, 1.82) is 0 Å². The van der Waals surface area contributed by atoms with Gasteiger partial charge < -0.3 is 21.2 Å². The summed E-state index contributed by atoms with van der Waals surface area (Å²) in [5.74, 6) is -0.566. The first kappa shape index (κ1) is 20.0. The highest BCUT2D eigenvalue weighted by Gasteiger charge is 2.17. The topological polar surface area (TPSA) is 118 Å². The van der Waals surface area contributed by atoms with Gasteiger partial charge in [-0.1, -0.05) is 0 Å². The van der Waals surface area contributed by atoms with E-state index in [2.05, 4.69) is 10.6 Å². The van der Waals surface area contributed by atoms with Crippen molar-refractivity contribution in [2.24, 2.45) is 5.73 Å².